The zero-order valence-electron chi connectivity index (χ0n) is 14.5. The van der Waals surface area contributed by atoms with E-state index in [9.17, 15) is 0 Å². The van der Waals surface area contributed by atoms with E-state index in [1.807, 2.05) is 0 Å². The summed E-state index contributed by atoms with van der Waals surface area (Å²) in [6.07, 6.45) is 0. The molecular formula is C18H24N4O2S. The average molecular weight is 360 g/mol. The van der Waals surface area contributed by atoms with Gasteiger partial charge in [-0.1, -0.05) is 0 Å². The number of thiazole rings is 1. The monoisotopic (exact) mass is 360 g/mol. The molecule has 0 spiro atoms. The Bertz CT molecular complexity index is 743. The topological polar surface area (TPSA) is 63.9 Å². The third-order valence-corrected chi connectivity index (χ3v) is 5.59. The maximum Gasteiger partial charge on any atom is 0.180 e. The summed E-state index contributed by atoms with van der Waals surface area (Å²) in [5, 5.41) is 0.616. The van der Waals surface area contributed by atoms with Crippen molar-refractivity contribution in [3.8, 4) is 17.0 Å². The van der Waals surface area contributed by atoms with E-state index in [2.05, 4.69) is 39.9 Å². The van der Waals surface area contributed by atoms with Gasteiger partial charge in [0.25, 0.3) is 0 Å². The Balaban J connectivity index is 1.54. The summed E-state index contributed by atoms with van der Waals surface area (Å²) in [6, 6.07) is 6.32. The molecule has 134 valence electrons. The molecule has 4 rings (SSSR count). The summed E-state index contributed by atoms with van der Waals surface area (Å²) in [4.78, 5) is 10.5. The van der Waals surface area contributed by atoms with Crippen LogP contribution in [-0.2, 0) is 4.74 Å². The van der Waals surface area contributed by atoms with Crippen molar-refractivity contribution in [2.75, 3.05) is 63.2 Å². The number of anilines is 2. The Morgan fingerprint density at radius 3 is 2.76 bits per heavy atom. The largest absolute Gasteiger partial charge is 0.490 e. The minimum absolute atomic E-state index is 0.616. The highest BCUT2D eigenvalue weighted by Crippen LogP contribution is 2.37. The Hall–Kier alpha value is -1.83. The number of ether oxygens (including phenoxy) is 2. The molecule has 7 heteroatoms. The van der Waals surface area contributed by atoms with Gasteiger partial charge in [-0.25, -0.2) is 4.98 Å². The first kappa shape index (κ1) is 16.6. The number of hydrogen-bond donors (Lipinski definition) is 1. The molecule has 6 nitrogen and oxygen atoms in total. The molecule has 0 atom stereocenters. The van der Waals surface area contributed by atoms with Crippen LogP contribution in [0.2, 0.25) is 0 Å². The van der Waals surface area contributed by atoms with Crippen LogP contribution in [0.15, 0.2) is 18.2 Å². The first-order valence-corrected chi connectivity index (χ1v) is 9.57. The number of morpholine rings is 1. The summed E-state index contributed by atoms with van der Waals surface area (Å²) in [5.74, 6) is 0.956. The molecule has 25 heavy (non-hydrogen) atoms. The van der Waals surface area contributed by atoms with Gasteiger partial charge in [0.05, 0.1) is 31.1 Å². The molecule has 3 heterocycles. The SMILES string of the molecule is Cc1sc(N)nc1-c1ccc2c(c1)N(CCN1CCOCC1)CCO2. The highest BCUT2D eigenvalue weighted by molar-refractivity contribution is 7.15. The summed E-state index contributed by atoms with van der Waals surface area (Å²) in [6.45, 7) is 9.49. The molecule has 2 aliphatic rings. The van der Waals surface area contributed by atoms with E-state index < -0.39 is 0 Å². The van der Waals surface area contributed by atoms with Crippen molar-refractivity contribution >= 4 is 22.2 Å². The van der Waals surface area contributed by atoms with Gasteiger partial charge in [0.15, 0.2) is 5.13 Å². The lowest BCUT2D eigenvalue weighted by Crippen LogP contribution is -2.43. The average Bonchev–Trinajstić information content (AvgIpc) is 2.98. The lowest BCUT2D eigenvalue weighted by atomic mass is 10.1. The van der Waals surface area contributed by atoms with Crippen LogP contribution in [0.1, 0.15) is 4.88 Å². The van der Waals surface area contributed by atoms with Crippen molar-refractivity contribution in [3.05, 3.63) is 23.1 Å². The van der Waals surface area contributed by atoms with Crippen molar-refractivity contribution < 1.29 is 9.47 Å². The lowest BCUT2D eigenvalue weighted by Gasteiger charge is -2.34. The molecule has 0 bridgehead atoms. The van der Waals surface area contributed by atoms with E-state index in [4.69, 9.17) is 15.2 Å². The maximum atomic E-state index is 5.87. The number of nitrogen functional groups attached to an aromatic ring is 1. The van der Waals surface area contributed by atoms with Crippen molar-refractivity contribution in [3.63, 3.8) is 0 Å². The molecule has 2 N–H and O–H groups in total. The van der Waals surface area contributed by atoms with Crippen LogP contribution < -0.4 is 15.4 Å². The summed E-state index contributed by atoms with van der Waals surface area (Å²) in [7, 11) is 0. The second-order valence-corrected chi connectivity index (χ2v) is 7.66. The number of rotatable bonds is 4. The smallest absolute Gasteiger partial charge is 0.180 e. The van der Waals surface area contributed by atoms with Gasteiger partial charge >= 0.3 is 0 Å². The van der Waals surface area contributed by atoms with Crippen LogP contribution in [0, 0.1) is 6.92 Å². The predicted molar refractivity (Wildman–Crippen MR) is 102 cm³/mol. The minimum Gasteiger partial charge on any atom is -0.490 e. The lowest BCUT2D eigenvalue weighted by molar-refractivity contribution is 0.0390. The van der Waals surface area contributed by atoms with Gasteiger partial charge in [-0.2, -0.15) is 0 Å². The number of hydrogen-bond acceptors (Lipinski definition) is 7. The van der Waals surface area contributed by atoms with Crippen LogP contribution in [0.4, 0.5) is 10.8 Å². The van der Waals surface area contributed by atoms with E-state index in [1.54, 1.807) is 0 Å². The molecule has 1 saturated heterocycles. The fourth-order valence-electron chi connectivity index (χ4n) is 3.42. The van der Waals surface area contributed by atoms with E-state index in [0.717, 1.165) is 80.1 Å². The Morgan fingerprint density at radius 2 is 2.00 bits per heavy atom. The first-order chi connectivity index (χ1) is 12.2. The number of aromatic nitrogens is 1. The molecule has 0 unspecified atom stereocenters. The van der Waals surface area contributed by atoms with Gasteiger partial charge in [0, 0.05) is 36.6 Å². The Morgan fingerprint density at radius 1 is 1.16 bits per heavy atom. The molecule has 0 amide bonds. The fraction of sp³-hybridized carbons (Fsp3) is 0.500. The second kappa shape index (κ2) is 7.19. The molecule has 0 saturated carbocycles. The number of nitrogens with two attached hydrogens (primary N) is 1. The maximum absolute atomic E-state index is 5.87. The van der Waals surface area contributed by atoms with E-state index in [0.29, 0.717) is 5.13 Å². The molecule has 1 aromatic heterocycles. The van der Waals surface area contributed by atoms with Crippen molar-refractivity contribution in [2.45, 2.75) is 6.92 Å². The highest BCUT2D eigenvalue weighted by atomic mass is 32.1. The van der Waals surface area contributed by atoms with Gasteiger partial charge in [-0.15, -0.1) is 11.3 Å². The molecule has 2 aromatic rings. The predicted octanol–water partition coefficient (Wildman–Crippen LogP) is 2.23. The normalized spacial score (nSPS) is 18.0. The van der Waals surface area contributed by atoms with Crippen molar-refractivity contribution in [1.82, 2.24) is 9.88 Å². The van der Waals surface area contributed by atoms with Gasteiger partial charge in [0.2, 0.25) is 0 Å². The van der Waals surface area contributed by atoms with Crippen LogP contribution in [0.5, 0.6) is 5.75 Å². The number of fused-ring (bicyclic) bond motifs is 1. The third-order valence-electron chi connectivity index (χ3n) is 4.79. The van der Waals surface area contributed by atoms with E-state index in [1.165, 1.54) is 11.3 Å². The summed E-state index contributed by atoms with van der Waals surface area (Å²) in [5.41, 5.74) is 9.10. The fourth-order valence-corrected chi connectivity index (χ4v) is 4.13. The van der Waals surface area contributed by atoms with Gasteiger partial charge in [-0.3, -0.25) is 4.90 Å². The molecule has 2 aliphatic heterocycles. The Kier molecular flexibility index (Phi) is 4.78. The van der Waals surface area contributed by atoms with Crippen LogP contribution in [-0.4, -0.2) is 62.4 Å². The molecule has 1 aromatic carbocycles. The molecule has 0 radical (unpaired) electrons. The second-order valence-electron chi connectivity index (χ2n) is 6.43. The molecule has 0 aliphatic carbocycles. The van der Waals surface area contributed by atoms with Gasteiger partial charge in [-0.05, 0) is 25.1 Å². The van der Waals surface area contributed by atoms with Crippen LogP contribution >= 0.6 is 11.3 Å². The zero-order chi connectivity index (χ0) is 17.2. The first-order valence-electron chi connectivity index (χ1n) is 8.76. The number of aryl methyl sites for hydroxylation is 1. The standard InChI is InChI=1S/C18H24N4O2S/c1-13-17(20-18(19)25-13)14-2-3-16-15(12-14)22(8-11-24-16)5-4-21-6-9-23-10-7-21/h2-3,12H,4-11H2,1H3,(H2,19,20). The van der Waals surface area contributed by atoms with Gasteiger partial charge < -0.3 is 20.1 Å². The number of benzene rings is 1. The van der Waals surface area contributed by atoms with Gasteiger partial charge in [0.1, 0.15) is 12.4 Å². The third kappa shape index (κ3) is 3.58. The summed E-state index contributed by atoms with van der Waals surface area (Å²) < 4.78 is 11.3. The number of nitrogens with zero attached hydrogens (tertiary/aromatic N) is 3. The molecular weight excluding hydrogens is 336 g/mol. The van der Waals surface area contributed by atoms with E-state index in [-0.39, 0.29) is 0 Å². The van der Waals surface area contributed by atoms with Crippen molar-refractivity contribution in [2.24, 2.45) is 0 Å². The minimum atomic E-state index is 0.616. The Labute approximate surface area is 152 Å². The zero-order valence-corrected chi connectivity index (χ0v) is 15.3. The van der Waals surface area contributed by atoms with Crippen LogP contribution in [0.3, 0.4) is 0 Å². The van der Waals surface area contributed by atoms with Crippen LogP contribution in [0.25, 0.3) is 11.3 Å². The highest BCUT2D eigenvalue weighted by Gasteiger charge is 2.21. The quantitative estimate of drug-likeness (QED) is 0.902. The van der Waals surface area contributed by atoms with E-state index >= 15 is 0 Å². The molecule has 1 fully saturated rings. The van der Waals surface area contributed by atoms with Crippen molar-refractivity contribution in [1.29, 1.82) is 0 Å². The summed E-state index contributed by atoms with van der Waals surface area (Å²) >= 11 is 1.53.